The minimum Gasteiger partial charge on any atom is -0.415 e. The summed E-state index contributed by atoms with van der Waals surface area (Å²) < 4.78 is 5.73. The third kappa shape index (κ3) is 3.01. The SMILES string of the molecule is C#Cc1cccc(-c2cncc(-c3nnc(-c4ccccc4)o3)n2)c1. The van der Waals surface area contributed by atoms with Crippen molar-refractivity contribution in [2.45, 2.75) is 0 Å². The minimum absolute atomic E-state index is 0.321. The van der Waals surface area contributed by atoms with Gasteiger partial charge in [-0.1, -0.05) is 36.3 Å². The average molecular weight is 324 g/mol. The summed E-state index contributed by atoms with van der Waals surface area (Å²) in [6.45, 7) is 0. The van der Waals surface area contributed by atoms with Gasteiger partial charge in [0.2, 0.25) is 5.89 Å². The van der Waals surface area contributed by atoms with E-state index in [1.807, 2.05) is 54.6 Å². The van der Waals surface area contributed by atoms with E-state index in [4.69, 9.17) is 10.8 Å². The first-order valence-electron chi connectivity index (χ1n) is 7.62. The summed E-state index contributed by atoms with van der Waals surface area (Å²) >= 11 is 0. The normalized spacial score (nSPS) is 10.4. The number of benzene rings is 2. The fourth-order valence-electron chi connectivity index (χ4n) is 2.40. The highest BCUT2D eigenvalue weighted by Crippen LogP contribution is 2.24. The Balaban J connectivity index is 1.71. The van der Waals surface area contributed by atoms with Gasteiger partial charge in [0, 0.05) is 16.7 Å². The molecule has 4 rings (SSSR count). The lowest BCUT2D eigenvalue weighted by molar-refractivity contribution is 0.582. The average Bonchev–Trinajstić information content (AvgIpc) is 3.19. The van der Waals surface area contributed by atoms with Gasteiger partial charge in [-0.25, -0.2) is 4.98 Å². The van der Waals surface area contributed by atoms with Crippen molar-refractivity contribution in [3.8, 4) is 46.6 Å². The lowest BCUT2D eigenvalue weighted by atomic mass is 10.1. The van der Waals surface area contributed by atoms with E-state index in [-0.39, 0.29) is 0 Å². The van der Waals surface area contributed by atoms with Crippen molar-refractivity contribution in [1.82, 2.24) is 20.2 Å². The van der Waals surface area contributed by atoms with E-state index < -0.39 is 0 Å². The first kappa shape index (κ1) is 14.8. The van der Waals surface area contributed by atoms with Gasteiger partial charge in [-0.3, -0.25) is 4.98 Å². The maximum absolute atomic E-state index is 5.73. The Bertz CT molecular complexity index is 1060. The van der Waals surface area contributed by atoms with Gasteiger partial charge in [-0.15, -0.1) is 16.6 Å². The van der Waals surface area contributed by atoms with Gasteiger partial charge in [0.1, 0.15) is 5.69 Å². The largest absolute Gasteiger partial charge is 0.415 e. The summed E-state index contributed by atoms with van der Waals surface area (Å²) in [6, 6.07) is 17.1. The highest BCUT2D eigenvalue weighted by atomic mass is 16.4. The molecule has 0 saturated heterocycles. The highest BCUT2D eigenvalue weighted by Gasteiger charge is 2.13. The zero-order valence-corrected chi connectivity index (χ0v) is 13.1. The summed E-state index contributed by atoms with van der Waals surface area (Å²) in [6.07, 6.45) is 8.72. The topological polar surface area (TPSA) is 64.7 Å². The van der Waals surface area contributed by atoms with Gasteiger partial charge in [0.05, 0.1) is 18.1 Å². The van der Waals surface area contributed by atoms with Crippen molar-refractivity contribution >= 4 is 0 Å². The molecule has 0 radical (unpaired) electrons. The lowest BCUT2D eigenvalue weighted by Crippen LogP contribution is -1.91. The molecule has 0 aliphatic heterocycles. The zero-order valence-electron chi connectivity index (χ0n) is 13.1. The third-order valence-electron chi connectivity index (χ3n) is 3.62. The van der Waals surface area contributed by atoms with Crippen molar-refractivity contribution in [3.05, 3.63) is 72.6 Å². The molecule has 2 aromatic heterocycles. The molecule has 0 aliphatic rings. The van der Waals surface area contributed by atoms with Crippen LogP contribution in [-0.4, -0.2) is 20.2 Å². The van der Waals surface area contributed by atoms with E-state index >= 15 is 0 Å². The summed E-state index contributed by atoms with van der Waals surface area (Å²) in [5.41, 5.74) is 3.72. The van der Waals surface area contributed by atoms with Crippen molar-refractivity contribution in [2.75, 3.05) is 0 Å². The number of hydrogen-bond donors (Lipinski definition) is 0. The van der Waals surface area contributed by atoms with Crippen LogP contribution in [0.3, 0.4) is 0 Å². The molecule has 0 bridgehead atoms. The molecule has 0 fully saturated rings. The third-order valence-corrected chi connectivity index (χ3v) is 3.62. The van der Waals surface area contributed by atoms with Crippen LogP contribution < -0.4 is 0 Å². The monoisotopic (exact) mass is 324 g/mol. The molecule has 25 heavy (non-hydrogen) atoms. The van der Waals surface area contributed by atoms with E-state index in [0.29, 0.717) is 23.2 Å². The fraction of sp³-hybridized carbons (Fsp3) is 0. The van der Waals surface area contributed by atoms with Gasteiger partial charge in [0.25, 0.3) is 5.89 Å². The number of hydrogen-bond acceptors (Lipinski definition) is 5. The Morgan fingerprint density at radius 2 is 1.56 bits per heavy atom. The first-order valence-corrected chi connectivity index (χ1v) is 7.62. The summed E-state index contributed by atoms with van der Waals surface area (Å²) in [7, 11) is 0. The molecule has 0 atom stereocenters. The van der Waals surface area contributed by atoms with Gasteiger partial charge in [-0.2, -0.15) is 0 Å². The highest BCUT2D eigenvalue weighted by molar-refractivity contribution is 5.63. The maximum Gasteiger partial charge on any atom is 0.268 e. The number of aromatic nitrogens is 4. The van der Waals surface area contributed by atoms with E-state index in [0.717, 1.165) is 16.7 Å². The second kappa shape index (κ2) is 6.38. The number of terminal acetylenes is 1. The number of rotatable bonds is 3. The van der Waals surface area contributed by atoms with Crippen LogP contribution in [0.15, 0.2) is 71.4 Å². The molecule has 118 valence electrons. The van der Waals surface area contributed by atoms with Crippen molar-refractivity contribution in [1.29, 1.82) is 0 Å². The van der Waals surface area contributed by atoms with Gasteiger partial charge >= 0.3 is 0 Å². The molecule has 5 heteroatoms. The molecular weight excluding hydrogens is 312 g/mol. The molecule has 4 aromatic rings. The second-order valence-electron chi connectivity index (χ2n) is 5.29. The van der Waals surface area contributed by atoms with Gasteiger partial charge in [0.15, 0.2) is 0 Å². The quantitative estimate of drug-likeness (QED) is 0.536. The smallest absolute Gasteiger partial charge is 0.268 e. The molecular formula is C20H12N4O. The summed E-state index contributed by atoms with van der Waals surface area (Å²) in [5.74, 6) is 3.38. The number of nitrogens with zero attached hydrogens (tertiary/aromatic N) is 4. The molecule has 0 saturated carbocycles. The van der Waals surface area contributed by atoms with E-state index in [2.05, 4.69) is 26.1 Å². The van der Waals surface area contributed by atoms with Crippen LogP contribution in [0.2, 0.25) is 0 Å². The van der Waals surface area contributed by atoms with E-state index in [1.165, 1.54) is 0 Å². The van der Waals surface area contributed by atoms with Crippen LogP contribution in [0, 0.1) is 12.3 Å². The predicted octanol–water partition coefficient (Wildman–Crippen LogP) is 3.84. The molecule has 0 aliphatic carbocycles. The van der Waals surface area contributed by atoms with Crippen LogP contribution >= 0.6 is 0 Å². The lowest BCUT2D eigenvalue weighted by Gasteiger charge is -2.02. The molecule has 2 heterocycles. The van der Waals surface area contributed by atoms with Crippen LogP contribution in [-0.2, 0) is 0 Å². The maximum atomic E-state index is 5.73. The Labute approximate surface area is 144 Å². The molecule has 0 N–H and O–H groups in total. The van der Waals surface area contributed by atoms with Crippen LogP contribution in [0.4, 0.5) is 0 Å². The van der Waals surface area contributed by atoms with E-state index in [9.17, 15) is 0 Å². The first-order chi connectivity index (χ1) is 12.3. The molecule has 2 aromatic carbocycles. The molecule has 0 amide bonds. The van der Waals surface area contributed by atoms with Crippen molar-refractivity contribution in [3.63, 3.8) is 0 Å². The van der Waals surface area contributed by atoms with Crippen LogP contribution in [0.25, 0.3) is 34.3 Å². The molecule has 0 spiro atoms. The van der Waals surface area contributed by atoms with Crippen molar-refractivity contribution < 1.29 is 4.42 Å². The molecule has 0 unspecified atom stereocenters. The Kier molecular flexibility index (Phi) is 3.77. The Morgan fingerprint density at radius 3 is 2.40 bits per heavy atom. The van der Waals surface area contributed by atoms with Gasteiger partial charge in [-0.05, 0) is 24.3 Å². The molecule has 5 nitrogen and oxygen atoms in total. The predicted molar refractivity (Wildman–Crippen MR) is 94.1 cm³/mol. The summed E-state index contributed by atoms with van der Waals surface area (Å²) in [5, 5.41) is 8.16. The Hall–Kier alpha value is -3.78. The van der Waals surface area contributed by atoms with E-state index in [1.54, 1.807) is 12.4 Å². The van der Waals surface area contributed by atoms with Crippen molar-refractivity contribution in [2.24, 2.45) is 0 Å². The summed E-state index contributed by atoms with van der Waals surface area (Å²) in [4.78, 5) is 8.80. The second-order valence-corrected chi connectivity index (χ2v) is 5.29. The fourth-order valence-corrected chi connectivity index (χ4v) is 2.40. The standard InChI is InChI=1S/C20H12N4O/c1-2-14-7-6-10-16(11-14)17-12-21-13-18(22-17)20-24-23-19(25-20)15-8-4-3-5-9-15/h1,3-13H. The van der Waals surface area contributed by atoms with Crippen LogP contribution in [0.5, 0.6) is 0 Å². The minimum atomic E-state index is 0.321. The zero-order chi connectivity index (χ0) is 17.1. The Morgan fingerprint density at radius 1 is 0.800 bits per heavy atom. The van der Waals surface area contributed by atoms with Gasteiger partial charge < -0.3 is 4.42 Å². The van der Waals surface area contributed by atoms with Crippen LogP contribution in [0.1, 0.15) is 5.56 Å².